The van der Waals surface area contributed by atoms with Gasteiger partial charge in [0.25, 0.3) is 0 Å². The minimum atomic E-state index is -0.522. The van der Waals surface area contributed by atoms with Gasteiger partial charge < -0.3 is 5.73 Å². The number of ketones is 1. The van der Waals surface area contributed by atoms with Gasteiger partial charge in [-0.15, -0.1) is 11.3 Å². The first kappa shape index (κ1) is 8.84. The summed E-state index contributed by atoms with van der Waals surface area (Å²) >= 11 is 1.51. The van der Waals surface area contributed by atoms with Crippen molar-refractivity contribution in [3.8, 4) is 0 Å². The van der Waals surface area contributed by atoms with Gasteiger partial charge >= 0.3 is 0 Å². The summed E-state index contributed by atoms with van der Waals surface area (Å²) in [6.07, 6.45) is 4.90. The number of nitrogens with two attached hydrogens (primary N) is 1. The minimum Gasteiger partial charge on any atom is -0.319 e. The van der Waals surface area contributed by atoms with Gasteiger partial charge in [-0.3, -0.25) is 4.79 Å². The SMILES string of the molecule is NC1(C(=O)Cc2nccs2)CCC1. The largest absolute Gasteiger partial charge is 0.319 e. The number of hydrogen-bond acceptors (Lipinski definition) is 4. The lowest BCUT2D eigenvalue weighted by molar-refractivity contribution is -0.126. The Kier molecular flexibility index (Phi) is 2.17. The van der Waals surface area contributed by atoms with Crippen LogP contribution in [0.2, 0.25) is 0 Å². The molecule has 1 aliphatic rings. The molecule has 1 fully saturated rings. The topological polar surface area (TPSA) is 56.0 Å². The second kappa shape index (κ2) is 3.20. The van der Waals surface area contributed by atoms with Gasteiger partial charge in [0.2, 0.25) is 0 Å². The Morgan fingerprint density at radius 1 is 1.69 bits per heavy atom. The van der Waals surface area contributed by atoms with Crippen LogP contribution < -0.4 is 5.73 Å². The van der Waals surface area contributed by atoms with Crippen molar-refractivity contribution in [1.82, 2.24) is 4.98 Å². The molecule has 1 heterocycles. The quantitative estimate of drug-likeness (QED) is 0.788. The van der Waals surface area contributed by atoms with Gasteiger partial charge in [0.1, 0.15) is 0 Å². The molecule has 1 aliphatic carbocycles. The van der Waals surface area contributed by atoms with Crippen LogP contribution >= 0.6 is 11.3 Å². The molecule has 0 aliphatic heterocycles. The van der Waals surface area contributed by atoms with Crippen molar-refractivity contribution in [2.24, 2.45) is 5.73 Å². The summed E-state index contributed by atoms with van der Waals surface area (Å²) in [5.41, 5.74) is 5.37. The monoisotopic (exact) mass is 196 g/mol. The number of hydrogen-bond donors (Lipinski definition) is 1. The average Bonchev–Trinajstić information content (AvgIpc) is 2.52. The molecule has 0 bridgehead atoms. The zero-order chi connectivity index (χ0) is 9.31. The Bertz CT molecular complexity index is 303. The van der Waals surface area contributed by atoms with E-state index in [9.17, 15) is 4.79 Å². The third-order valence-corrected chi connectivity index (χ3v) is 3.38. The Morgan fingerprint density at radius 2 is 2.46 bits per heavy atom. The number of rotatable bonds is 3. The highest BCUT2D eigenvalue weighted by atomic mass is 32.1. The zero-order valence-electron chi connectivity index (χ0n) is 7.32. The van der Waals surface area contributed by atoms with Gasteiger partial charge in [0.15, 0.2) is 5.78 Å². The average molecular weight is 196 g/mol. The summed E-state index contributed by atoms with van der Waals surface area (Å²) in [6.45, 7) is 0. The van der Waals surface area contributed by atoms with Crippen molar-refractivity contribution in [2.75, 3.05) is 0 Å². The van der Waals surface area contributed by atoms with E-state index in [1.54, 1.807) is 6.20 Å². The summed E-state index contributed by atoms with van der Waals surface area (Å²) in [5, 5.41) is 2.76. The van der Waals surface area contributed by atoms with Crippen LogP contribution in [0.4, 0.5) is 0 Å². The van der Waals surface area contributed by atoms with E-state index in [1.165, 1.54) is 11.3 Å². The van der Waals surface area contributed by atoms with Gasteiger partial charge in [0.05, 0.1) is 17.0 Å². The summed E-state index contributed by atoms with van der Waals surface area (Å²) < 4.78 is 0. The predicted molar refractivity (Wildman–Crippen MR) is 51.6 cm³/mol. The molecule has 70 valence electrons. The highest BCUT2D eigenvalue weighted by Crippen LogP contribution is 2.30. The molecule has 1 aromatic heterocycles. The first-order chi connectivity index (χ1) is 6.21. The molecule has 1 aromatic rings. The Labute approximate surface area is 81.0 Å². The fourth-order valence-corrected chi connectivity index (χ4v) is 2.11. The fourth-order valence-electron chi connectivity index (χ4n) is 1.49. The highest BCUT2D eigenvalue weighted by Gasteiger charge is 2.39. The molecule has 0 atom stereocenters. The Balaban J connectivity index is 1.99. The molecule has 0 amide bonds. The number of nitrogens with zero attached hydrogens (tertiary/aromatic N) is 1. The first-order valence-corrected chi connectivity index (χ1v) is 5.29. The Morgan fingerprint density at radius 3 is 2.92 bits per heavy atom. The van der Waals surface area contributed by atoms with Crippen molar-refractivity contribution < 1.29 is 4.79 Å². The molecule has 0 spiro atoms. The second-order valence-electron chi connectivity index (χ2n) is 3.54. The summed E-state index contributed by atoms with van der Waals surface area (Å²) in [7, 11) is 0. The van der Waals surface area contributed by atoms with Crippen LogP contribution in [0.1, 0.15) is 24.3 Å². The van der Waals surface area contributed by atoms with Crippen LogP contribution in [0.3, 0.4) is 0 Å². The van der Waals surface area contributed by atoms with Crippen LogP contribution in [-0.2, 0) is 11.2 Å². The van der Waals surface area contributed by atoms with E-state index in [4.69, 9.17) is 5.73 Å². The number of carbonyl (C=O) groups is 1. The third kappa shape index (κ3) is 1.64. The van der Waals surface area contributed by atoms with Crippen molar-refractivity contribution >= 4 is 17.1 Å². The number of aromatic nitrogens is 1. The highest BCUT2D eigenvalue weighted by molar-refractivity contribution is 7.09. The van der Waals surface area contributed by atoms with Crippen molar-refractivity contribution in [2.45, 2.75) is 31.2 Å². The standard InChI is InChI=1S/C9H12N2OS/c10-9(2-1-3-9)7(12)6-8-11-4-5-13-8/h4-5H,1-3,6,10H2. The molecule has 0 unspecified atom stereocenters. The van der Waals surface area contributed by atoms with E-state index in [-0.39, 0.29) is 5.78 Å². The summed E-state index contributed by atoms with van der Waals surface area (Å²) in [6, 6.07) is 0. The molecular weight excluding hydrogens is 184 g/mol. The van der Waals surface area contributed by atoms with Gasteiger partial charge in [-0.25, -0.2) is 4.98 Å². The maximum atomic E-state index is 11.7. The molecule has 2 rings (SSSR count). The molecule has 3 nitrogen and oxygen atoms in total. The zero-order valence-corrected chi connectivity index (χ0v) is 8.14. The maximum Gasteiger partial charge on any atom is 0.159 e. The first-order valence-electron chi connectivity index (χ1n) is 4.41. The molecule has 1 saturated carbocycles. The molecule has 0 radical (unpaired) electrons. The van der Waals surface area contributed by atoms with E-state index < -0.39 is 5.54 Å². The molecule has 2 N–H and O–H groups in total. The van der Waals surface area contributed by atoms with Crippen molar-refractivity contribution in [3.63, 3.8) is 0 Å². The smallest absolute Gasteiger partial charge is 0.159 e. The number of Topliss-reactive ketones (excluding diaryl/α,β-unsaturated/α-hetero) is 1. The van der Waals surface area contributed by atoms with Crippen LogP contribution in [-0.4, -0.2) is 16.3 Å². The van der Waals surface area contributed by atoms with Crippen LogP contribution in [0.15, 0.2) is 11.6 Å². The fraction of sp³-hybridized carbons (Fsp3) is 0.556. The summed E-state index contributed by atoms with van der Waals surface area (Å²) in [4.78, 5) is 15.7. The normalized spacial score (nSPS) is 19.5. The number of thiazole rings is 1. The third-order valence-electron chi connectivity index (χ3n) is 2.60. The lowest BCUT2D eigenvalue weighted by Crippen LogP contribution is -2.54. The van der Waals surface area contributed by atoms with Gasteiger partial charge in [-0.2, -0.15) is 0 Å². The second-order valence-corrected chi connectivity index (χ2v) is 4.51. The van der Waals surface area contributed by atoms with Crippen molar-refractivity contribution in [1.29, 1.82) is 0 Å². The van der Waals surface area contributed by atoms with E-state index in [0.717, 1.165) is 24.3 Å². The van der Waals surface area contributed by atoms with E-state index in [1.807, 2.05) is 5.38 Å². The Hall–Kier alpha value is -0.740. The minimum absolute atomic E-state index is 0.147. The van der Waals surface area contributed by atoms with Crippen LogP contribution in [0.5, 0.6) is 0 Å². The van der Waals surface area contributed by atoms with Gasteiger partial charge in [-0.1, -0.05) is 0 Å². The molecule has 4 heteroatoms. The van der Waals surface area contributed by atoms with E-state index in [0.29, 0.717) is 6.42 Å². The maximum absolute atomic E-state index is 11.7. The molecule has 0 saturated heterocycles. The van der Waals surface area contributed by atoms with Crippen LogP contribution in [0.25, 0.3) is 0 Å². The van der Waals surface area contributed by atoms with Crippen molar-refractivity contribution in [3.05, 3.63) is 16.6 Å². The van der Waals surface area contributed by atoms with Gasteiger partial charge in [0, 0.05) is 11.6 Å². The lowest BCUT2D eigenvalue weighted by atomic mass is 9.74. The summed E-state index contributed by atoms with van der Waals surface area (Å²) in [5.74, 6) is 0.147. The lowest BCUT2D eigenvalue weighted by Gasteiger charge is -2.36. The molecule has 13 heavy (non-hydrogen) atoms. The van der Waals surface area contributed by atoms with E-state index >= 15 is 0 Å². The number of carbonyl (C=O) groups excluding carboxylic acids is 1. The molecule has 0 aromatic carbocycles. The predicted octanol–water partition coefficient (Wildman–Crippen LogP) is 1.14. The van der Waals surface area contributed by atoms with E-state index in [2.05, 4.69) is 4.98 Å². The molecular formula is C9H12N2OS. The van der Waals surface area contributed by atoms with Gasteiger partial charge in [-0.05, 0) is 19.3 Å². The van der Waals surface area contributed by atoms with Crippen LogP contribution in [0, 0.1) is 0 Å².